The Kier molecular flexibility index (Phi) is 3.78. The molecule has 17 heavy (non-hydrogen) atoms. The molecule has 5 heteroatoms. The molecule has 0 bridgehead atoms. The summed E-state index contributed by atoms with van der Waals surface area (Å²) >= 11 is 0. The van der Waals surface area contributed by atoms with Crippen LogP contribution in [0.15, 0.2) is 4.79 Å². The van der Waals surface area contributed by atoms with Gasteiger partial charge < -0.3 is 15.0 Å². The molecule has 1 aliphatic rings. The number of hydrogen-bond donors (Lipinski definition) is 2. The lowest BCUT2D eigenvalue weighted by Gasteiger charge is -2.22. The van der Waals surface area contributed by atoms with E-state index < -0.39 is 0 Å². The van der Waals surface area contributed by atoms with Crippen molar-refractivity contribution in [2.24, 2.45) is 5.92 Å². The van der Waals surface area contributed by atoms with Crippen LogP contribution in [0.25, 0.3) is 0 Å². The highest BCUT2D eigenvalue weighted by atomic mass is 16.5. The van der Waals surface area contributed by atoms with E-state index in [0.29, 0.717) is 17.4 Å². The van der Waals surface area contributed by atoms with Gasteiger partial charge in [0, 0.05) is 6.42 Å². The summed E-state index contributed by atoms with van der Waals surface area (Å²) in [5.41, 5.74) is 0.447. The molecular weight excluding hydrogens is 218 g/mol. The van der Waals surface area contributed by atoms with Crippen LogP contribution in [-0.2, 0) is 6.42 Å². The van der Waals surface area contributed by atoms with Crippen molar-refractivity contribution >= 4 is 0 Å². The zero-order valence-electron chi connectivity index (χ0n) is 10.4. The third kappa shape index (κ3) is 2.85. The van der Waals surface area contributed by atoms with Crippen molar-refractivity contribution in [3.05, 3.63) is 21.7 Å². The van der Waals surface area contributed by atoms with E-state index in [1.54, 1.807) is 14.0 Å². The molecule has 0 radical (unpaired) electrons. The number of nitrogens with one attached hydrogen (secondary N) is 2. The molecule has 1 aromatic rings. The Balaban J connectivity index is 2.15. The summed E-state index contributed by atoms with van der Waals surface area (Å²) in [6.45, 7) is 3.83. The maximum atomic E-state index is 11.7. The third-order valence-electron chi connectivity index (χ3n) is 3.29. The molecule has 2 N–H and O–H groups in total. The zero-order chi connectivity index (χ0) is 12.3. The maximum absolute atomic E-state index is 11.7. The molecule has 0 aliphatic carbocycles. The first-order valence-electron chi connectivity index (χ1n) is 6.05. The Morgan fingerprint density at radius 3 is 2.76 bits per heavy atom. The van der Waals surface area contributed by atoms with Crippen LogP contribution in [0, 0.1) is 12.8 Å². The van der Waals surface area contributed by atoms with Crippen LogP contribution in [0.4, 0.5) is 0 Å². The fourth-order valence-electron chi connectivity index (χ4n) is 2.21. The number of aromatic amines is 1. The molecule has 0 atom stereocenters. The lowest BCUT2D eigenvalue weighted by Crippen LogP contribution is -2.29. The zero-order valence-corrected chi connectivity index (χ0v) is 10.4. The van der Waals surface area contributed by atoms with Crippen molar-refractivity contribution in [1.82, 2.24) is 15.3 Å². The van der Waals surface area contributed by atoms with Crippen molar-refractivity contribution in [2.75, 3.05) is 20.2 Å². The largest absolute Gasteiger partial charge is 0.481 e. The third-order valence-corrected chi connectivity index (χ3v) is 3.29. The van der Waals surface area contributed by atoms with Gasteiger partial charge in [-0.2, -0.15) is 4.98 Å². The number of H-pyrrole nitrogens is 1. The van der Waals surface area contributed by atoms with Crippen molar-refractivity contribution in [3.63, 3.8) is 0 Å². The van der Waals surface area contributed by atoms with E-state index in [0.717, 1.165) is 38.2 Å². The van der Waals surface area contributed by atoms with Crippen LogP contribution in [0.2, 0.25) is 0 Å². The Labute approximate surface area is 101 Å². The predicted octanol–water partition coefficient (Wildman–Crippen LogP) is 0.629. The van der Waals surface area contributed by atoms with Gasteiger partial charge in [-0.25, -0.2) is 0 Å². The van der Waals surface area contributed by atoms with Gasteiger partial charge in [-0.3, -0.25) is 4.79 Å². The van der Waals surface area contributed by atoms with Gasteiger partial charge in [0.2, 0.25) is 5.88 Å². The van der Waals surface area contributed by atoms with E-state index in [2.05, 4.69) is 15.3 Å². The highest BCUT2D eigenvalue weighted by Gasteiger charge is 2.16. The first-order valence-corrected chi connectivity index (χ1v) is 6.05. The van der Waals surface area contributed by atoms with Crippen LogP contribution in [0.5, 0.6) is 5.88 Å². The molecule has 1 fully saturated rings. The molecule has 1 aromatic heterocycles. The maximum Gasteiger partial charge on any atom is 0.257 e. The minimum Gasteiger partial charge on any atom is -0.481 e. The van der Waals surface area contributed by atoms with Gasteiger partial charge in [0.1, 0.15) is 5.82 Å². The Hall–Kier alpha value is -1.36. The Morgan fingerprint density at radius 1 is 1.41 bits per heavy atom. The van der Waals surface area contributed by atoms with Crippen molar-refractivity contribution in [1.29, 1.82) is 0 Å². The van der Waals surface area contributed by atoms with E-state index in [4.69, 9.17) is 4.74 Å². The molecule has 0 amide bonds. The smallest absolute Gasteiger partial charge is 0.257 e. The summed E-state index contributed by atoms with van der Waals surface area (Å²) in [5.74, 6) is 1.79. The van der Waals surface area contributed by atoms with Gasteiger partial charge in [-0.1, -0.05) is 0 Å². The number of piperidine rings is 1. The molecule has 5 nitrogen and oxygen atoms in total. The first-order chi connectivity index (χ1) is 8.20. The first kappa shape index (κ1) is 12.1. The van der Waals surface area contributed by atoms with E-state index in [-0.39, 0.29) is 5.56 Å². The normalized spacial score (nSPS) is 17.1. The number of rotatable bonds is 3. The molecule has 1 aliphatic heterocycles. The summed E-state index contributed by atoms with van der Waals surface area (Å²) in [7, 11) is 1.54. The van der Waals surface area contributed by atoms with Crippen LogP contribution in [-0.4, -0.2) is 30.2 Å². The molecule has 1 saturated heterocycles. The molecule has 0 saturated carbocycles. The average molecular weight is 237 g/mol. The molecule has 0 unspecified atom stereocenters. The van der Waals surface area contributed by atoms with Crippen LogP contribution in [0.3, 0.4) is 0 Å². The standard InChI is InChI=1S/C12H19N3O2/c1-8-11(16)14-10(15-12(8)17-2)7-9-3-5-13-6-4-9/h9,13H,3-7H2,1-2H3,(H,14,15,16). The fourth-order valence-corrected chi connectivity index (χ4v) is 2.21. The molecule has 0 aromatic carbocycles. The van der Waals surface area contributed by atoms with Crippen molar-refractivity contribution in [2.45, 2.75) is 26.2 Å². The van der Waals surface area contributed by atoms with E-state index in [9.17, 15) is 4.79 Å². The van der Waals surface area contributed by atoms with Crippen molar-refractivity contribution in [3.8, 4) is 5.88 Å². The number of nitrogens with zero attached hydrogens (tertiary/aromatic N) is 1. The van der Waals surface area contributed by atoms with Gasteiger partial charge in [-0.05, 0) is 38.8 Å². The van der Waals surface area contributed by atoms with Gasteiger partial charge in [0.25, 0.3) is 5.56 Å². The molecule has 2 rings (SSSR count). The van der Waals surface area contributed by atoms with E-state index in [1.165, 1.54) is 0 Å². The van der Waals surface area contributed by atoms with Gasteiger partial charge in [0.15, 0.2) is 0 Å². The lowest BCUT2D eigenvalue weighted by molar-refractivity contribution is 0.359. The number of methoxy groups -OCH3 is 1. The van der Waals surface area contributed by atoms with Crippen molar-refractivity contribution < 1.29 is 4.74 Å². The van der Waals surface area contributed by atoms with Crippen LogP contribution >= 0.6 is 0 Å². The second-order valence-electron chi connectivity index (χ2n) is 4.54. The minimum absolute atomic E-state index is 0.0965. The average Bonchev–Trinajstić information content (AvgIpc) is 2.35. The SMILES string of the molecule is COc1nc(CC2CCNCC2)[nH]c(=O)c1C. The highest BCUT2D eigenvalue weighted by molar-refractivity contribution is 5.22. The summed E-state index contributed by atoms with van der Waals surface area (Å²) in [6.07, 6.45) is 3.10. The summed E-state index contributed by atoms with van der Waals surface area (Å²) in [5, 5.41) is 3.33. The lowest BCUT2D eigenvalue weighted by atomic mass is 9.94. The Morgan fingerprint density at radius 2 is 2.12 bits per heavy atom. The highest BCUT2D eigenvalue weighted by Crippen LogP contribution is 2.17. The minimum atomic E-state index is -0.0965. The van der Waals surface area contributed by atoms with Gasteiger partial charge in [-0.15, -0.1) is 0 Å². The fraction of sp³-hybridized carbons (Fsp3) is 0.667. The van der Waals surface area contributed by atoms with Gasteiger partial charge in [0.05, 0.1) is 12.7 Å². The number of hydrogen-bond acceptors (Lipinski definition) is 4. The van der Waals surface area contributed by atoms with Crippen LogP contribution < -0.4 is 15.6 Å². The summed E-state index contributed by atoms with van der Waals surface area (Å²) in [4.78, 5) is 18.9. The second kappa shape index (κ2) is 5.31. The summed E-state index contributed by atoms with van der Waals surface area (Å²) < 4.78 is 5.11. The number of aromatic nitrogens is 2. The van der Waals surface area contributed by atoms with E-state index >= 15 is 0 Å². The monoisotopic (exact) mass is 237 g/mol. The number of ether oxygens (including phenoxy) is 1. The predicted molar refractivity (Wildman–Crippen MR) is 65.4 cm³/mol. The Bertz CT molecular complexity index is 436. The second-order valence-corrected chi connectivity index (χ2v) is 4.54. The van der Waals surface area contributed by atoms with E-state index in [1.807, 2.05) is 0 Å². The molecule has 2 heterocycles. The molecule has 0 spiro atoms. The summed E-state index contributed by atoms with van der Waals surface area (Å²) in [6, 6.07) is 0. The van der Waals surface area contributed by atoms with Gasteiger partial charge >= 0.3 is 0 Å². The topological polar surface area (TPSA) is 67.0 Å². The molecule has 94 valence electrons. The van der Waals surface area contributed by atoms with Crippen LogP contribution in [0.1, 0.15) is 24.2 Å². The molecular formula is C12H19N3O2. The quantitative estimate of drug-likeness (QED) is 0.809.